The van der Waals surface area contributed by atoms with Crippen molar-refractivity contribution in [2.24, 2.45) is 0 Å². The average Bonchev–Trinajstić information content (AvgIpc) is 3.50. The second-order valence-electron chi connectivity index (χ2n) is 18.6. The van der Waals surface area contributed by atoms with Crippen LogP contribution in [0.25, 0.3) is 22.2 Å². The lowest BCUT2D eigenvalue weighted by molar-refractivity contribution is 0.0425. The Balaban J connectivity index is 1.66. The number of rotatable bonds is 9. The zero-order valence-electron chi connectivity index (χ0n) is 36.3. The van der Waals surface area contributed by atoms with Crippen LogP contribution in [0.4, 0.5) is 24.6 Å². The Bertz CT molecular complexity index is 2330. The predicted octanol–water partition coefficient (Wildman–Crippen LogP) is 10.8. The summed E-state index contributed by atoms with van der Waals surface area (Å²) in [5.74, 6) is -1.96. The number of ether oxygens (including phenoxy) is 3. The van der Waals surface area contributed by atoms with Gasteiger partial charge in [-0.15, -0.1) is 0 Å². The van der Waals surface area contributed by atoms with E-state index < -0.39 is 56.5 Å². The Morgan fingerprint density at radius 3 is 1.97 bits per heavy atom. The Kier molecular flexibility index (Phi) is 13.6. The molecule has 1 fully saturated rings. The van der Waals surface area contributed by atoms with Crippen LogP contribution in [-0.4, -0.2) is 64.3 Å². The van der Waals surface area contributed by atoms with Crippen molar-refractivity contribution in [3.63, 3.8) is 0 Å². The Labute approximate surface area is 357 Å². The smallest absolute Gasteiger partial charge is 0.425 e. The zero-order chi connectivity index (χ0) is 44.5. The molecule has 0 aliphatic heterocycles. The number of halogens is 2. The lowest BCUT2D eigenvalue weighted by Crippen LogP contribution is -2.44. The Hall–Kier alpha value is -4.76. The lowest BCUT2D eigenvalue weighted by atomic mass is 9.81. The van der Waals surface area contributed by atoms with Gasteiger partial charge in [-0.3, -0.25) is 4.68 Å². The SMILES string of the molecule is CC(C)n1nc(-c2ccc(CS(=O)(=O)Cc3ccccc3Cl)c(F)c2)c2c(N(C(=O)OC(C)(C)C)C(=O)OC(C)(C)C)ncc(C3CCC(NC(=O)OC(C)(C)C)CC3)c21. The molecule has 3 amide bonds. The van der Waals surface area contributed by atoms with Crippen LogP contribution in [0.3, 0.4) is 0 Å². The number of hydrogen-bond donors (Lipinski definition) is 1. The van der Waals surface area contributed by atoms with E-state index in [0.717, 1.165) is 10.5 Å². The van der Waals surface area contributed by atoms with Gasteiger partial charge in [0.1, 0.15) is 28.3 Å². The Morgan fingerprint density at radius 1 is 0.867 bits per heavy atom. The molecule has 1 saturated carbocycles. The Morgan fingerprint density at radius 2 is 1.43 bits per heavy atom. The van der Waals surface area contributed by atoms with Gasteiger partial charge in [0.2, 0.25) is 0 Å². The molecule has 4 aromatic rings. The van der Waals surface area contributed by atoms with Gasteiger partial charge in [0.25, 0.3) is 0 Å². The number of carbonyl (C=O) groups is 3. The van der Waals surface area contributed by atoms with Crippen molar-refractivity contribution in [1.29, 1.82) is 0 Å². The maximum Gasteiger partial charge on any atom is 0.425 e. The van der Waals surface area contributed by atoms with E-state index in [1.165, 1.54) is 12.1 Å². The largest absolute Gasteiger partial charge is 0.444 e. The summed E-state index contributed by atoms with van der Waals surface area (Å²) in [5.41, 5.74) is -0.518. The number of aromatic nitrogens is 3. The van der Waals surface area contributed by atoms with E-state index in [4.69, 9.17) is 35.9 Å². The molecule has 2 heterocycles. The number of alkyl carbamates (subject to hydrolysis) is 1. The number of amides is 3. The number of fused-ring (bicyclic) bond motifs is 1. The van der Waals surface area contributed by atoms with Crippen molar-refractivity contribution in [2.45, 2.75) is 148 Å². The summed E-state index contributed by atoms with van der Waals surface area (Å²) in [5, 5.41) is 8.54. The van der Waals surface area contributed by atoms with Crippen LogP contribution in [0.2, 0.25) is 5.02 Å². The fourth-order valence-corrected chi connectivity index (χ4v) is 8.88. The van der Waals surface area contributed by atoms with Gasteiger partial charge in [0, 0.05) is 34.4 Å². The monoisotopic (exact) mass is 869 g/mol. The van der Waals surface area contributed by atoms with Gasteiger partial charge in [-0.1, -0.05) is 41.9 Å². The molecule has 0 radical (unpaired) electrons. The molecular weight excluding hydrogens is 813 g/mol. The maximum absolute atomic E-state index is 16.2. The number of hydrogen-bond acceptors (Lipinski definition) is 10. The molecule has 16 heteroatoms. The van der Waals surface area contributed by atoms with Crippen molar-refractivity contribution in [3.05, 3.63) is 76.2 Å². The normalized spacial score (nSPS) is 16.4. The third kappa shape index (κ3) is 11.7. The first-order valence-electron chi connectivity index (χ1n) is 20.1. The fraction of sp³-hybridized carbons (Fsp3) is 0.523. The standard InChI is InChI=1S/C44H57ClFN5O8S/c1-26(2)51-37-32(27-18-20-31(21-19-27)48-39(52)57-42(3,4)5)23-47-38(50(40(53)58-43(6,7)8)41(54)59-44(9,10)11)35(37)36(49-51)28-16-17-30(34(46)22-28)25-60(55,56)24-29-14-12-13-15-33(29)45/h12-17,22-23,26-27,31H,18-21,24-25H2,1-11H3,(H,48,52). The second kappa shape index (κ2) is 17.7. The number of imide groups is 1. The summed E-state index contributed by atoms with van der Waals surface area (Å²) in [6.07, 6.45) is 1.66. The summed E-state index contributed by atoms with van der Waals surface area (Å²) >= 11 is 6.23. The summed E-state index contributed by atoms with van der Waals surface area (Å²) < 4.78 is 61.5. The first-order chi connectivity index (χ1) is 27.7. The number of nitrogens with one attached hydrogen (secondary N) is 1. The zero-order valence-corrected chi connectivity index (χ0v) is 37.9. The molecule has 1 N–H and O–H groups in total. The third-order valence-corrected chi connectivity index (χ3v) is 11.4. The molecule has 0 saturated heterocycles. The minimum atomic E-state index is -3.85. The number of anilines is 1. The fourth-order valence-electron chi connectivity index (χ4n) is 7.06. The molecule has 1 aliphatic carbocycles. The van der Waals surface area contributed by atoms with Gasteiger partial charge in [-0.25, -0.2) is 32.2 Å². The number of nitrogens with zero attached hydrogens (tertiary/aromatic N) is 4. The van der Waals surface area contributed by atoms with Crippen molar-refractivity contribution >= 4 is 56.4 Å². The minimum absolute atomic E-state index is 0.0571. The van der Waals surface area contributed by atoms with Crippen molar-refractivity contribution in [3.8, 4) is 11.3 Å². The van der Waals surface area contributed by atoms with E-state index in [9.17, 15) is 22.8 Å². The van der Waals surface area contributed by atoms with Crippen LogP contribution in [-0.2, 0) is 35.6 Å². The number of carbonyl (C=O) groups excluding carboxylic acids is 3. The van der Waals surface area contributed by atoms with E-state index in [2.05, 4.69) is 5.32 Å². The first kappa shape index (κ1) is 46.3. The summed E-state index contributed by atoms with van der Waals surface area (Å²) in [7, 11) is -3.85. The molecule has 1 aliphatic rings. The predicted molar refractivity (Wildman–Crippen MR) is 230 cm³/mol. The van der Waals surface area contributed by atoms with Gasteiger partial charge in [0.15, 0.2) is 15.7 Å². The van der Waals surface area contributed by atoms with E-state index >= 15 is 4.39 Å². The highest BCUT2D eigenvalue weighted by Gasteiger charge is 2.38. The molecule has 0 bridgehead atoms. The average molecular weight is 870 g/mol. The molecule has 60 heavy (non-hydrogen) atoms. The van der Waals surface area contributed by atoms with Gasteiger partial charge in [-0.05, 0) is 131 Å². The van der Waals surface area contributed by atoms with Gasteiger partial charge >= 0.3 is 18.3 Å². The lowest BCUT2D eigenvalue weighted by Gasteiger charge is -2.31. The topological polar surface area (TPSA) is 159 Å². The van der Waals surface area contributed by atoms with Gasteiger partial charge in [-0.2, -0.15) is 10.00 Å². The number of benzene rings is 2. The molecule has 2 aromatic carbocycles. The van der Waals surface area contributed by atoms with Crippen LogP contribution in [0, 0.1) is 5.82 Å². The summed E-state index contributed by atoms with van der Waals surface area (Å²) in [4.78, 5) is 46.3. The van der Waals surface area contributed by atoms with Crippen LogP contribution >= 0.6 is 11.6 Å². The maximum atomic E-state index is 16.2. The van der Waals surface area contributed by atoms with Crippen molar-refractivity contribution in [2.75, 3.05) is 4.90 Å². The summed E-state index contributed by atoms with van der Waals surface area (Å²) in [6.45, 7) is 19.3. The molecular formula is C44H57ClFN5O8S. The van der Waals surface area contributed by atoms with E-state index in [0.29, 0.717) is 41.8 Å². The quantitative estimate of drug-likeness (QED) is 0.160. The number of pyridine rings is 1. The van der Waals surface area contributed by atoms with Crippen molar-refractivity contribution in [1.82, 2.24) is 20.1 Å². The molecule has 5 rings (SSSR count). The highest BCUT2D eigenvalue weighted by Crippen LogP contribution is 2.44. The molecule has 0 atom stereocenters. The minimum Gasteiger partial charge on any atom is -0.444 e. The highest BCUT2D eigenvalue weighted by molar-refractivity contribution is 7.89. The van der Waals surface area contributed by atoms with Gasteiger partial charge in [0.05, 0.1) is 22.4 Å². The molecule has 0 unspecified atom stereocenters. The summed E-state index contributed by atoms with van der Waals surface area (Å²) in [6, 6.07) is 10.4. The van der Waals surface area contributed by atoms with Crippen LogP contribution in [0.5, 0.6) is 0 Å². The van der Waals surface area contributed by atoms with Crippen LogP contribution in [0.1, 0.15) is 130 Å². The molecule has 0 spiro atoms. The van der Waals surface area contributed by atoms with E-state index in [1.807, 2.05) is 13.8 Å². The van der Waals surface area contributed by atoms with Crippen LogP contribution in [0.15, 0.2) is 48.7 Å². The van der Waals surface area contributed by atoms with Crippen molar-refractivity contribution < 1.29 is 41.4 Å². The second-order valence-corrected chi connectivity index (χ2v) is 21.0. The molecule has 2 aromatic heterocycles. The molecule has 326 valence electrons. The van der Waals surface area contributed by atoms with E-state index in [1.54, 1.807) is 104 Å². The third-order valence-electron chi connectivity index (χ3n) is 9.51. The van der Waals surface area contributed by atoms with Crippen LogP contribution < -0.4 is 10.2 Å². The number of sulfone groups is 1. The van der Waals surface area contributed by atoms with E-state index in [-0.39, 0.29) is 51.8 Å². The molecule has 13 nitrogen and oxygen atoms in total. The highest BCUT2D eigenvalue weighted by atomic mass is 35.5. The first-order valence-corrected chi connectivity index (χ1v) is 22.3. The van der Waals surface area contributed by atoms with Gasteiger partial charge < -0.3 is 19.5 Å².